The molecule has 0 aliphatic carbocycles. The van der Waals surface area contributed by atoms with Crippen molar-refractivity contribution >= 4 is 23.5 Å². The Kier molecular flexibility index (Phi) is 5.62. The Balaban J connectivity index is 3.06. The number of benzene rings is 1. The zero-order valence-corrected chi connectivity index (χ0v) is 12.7. The van der Waals surface area contributed by atoms with Crippen molar-refractivity contribution in [2.24, 2.45) is 0 Å². The molecule has 22 heavy (non-hydrogen) atoms. The van der Waals surface area contributed by atoms with Gasteiger partial charge in [0.2, 0.25) is 5.91 Å². The molecule has 2 amide bonds. The highest BCUT2D eigenvalue weighted by molar-refractivity contribution is 5.99. The van der Waals surface area contributed by atoms with Crippen LogP contribution in [0.2, 0.25) is 0 Å². The smallest absolute Gasteiger partial charge is 0.329 e. The third-order valence-corrected chi connectivity index (χ3v) is 3.14. The maximum Gasteiger partial charge on any atom is 0.329 e. The first kappa shape index (κ1) is 17.6. The van der Waals surface area contributed by atoms with Crippen LogP contribution in [-0.2, 0) is 9.59 Å². The van der Waals surface area contributed by atoms with Gasteiger partial charge >= 0.3 is 5.97 Å². The molecule has 1 unspecified atom stereocenters. The van der Waals surface area contributed by atoms with Crippen LogP contribution in [-0.4, -0.2) is 28.4 Å². The van der Waals surface area contributed by atoms with E-state index >= 15 is 0 Å². The molecule has 0 heterocycles. The largest absolute Gasteiger partial charge is 0.480 e. The minimum Gasteiger partial charge on any atom is -0.480 e. The lowest BCUT2D eigenvalue weighted by atomic mass is 9.95. The van der Waals surface area contributed by atoms with Gasteiger partial charge in [-0.2, -0.15) is 0 Å². The Hall–Kier alpha value is -2.44. The van der Waals surface area contributed by atoms with Crippen molar-refractivity contribution in [3.8, 4) is 0 Å². The molecule has 0 spiro atoms. The third-order valence-electron chi connectivity index (χ3n) is 3.14. The van der Waals surface area contributed by atoms with Crippen LogP contribution >= 0.6 is 0 Å². The first-order chi connectivity index (χ1) is 10.2. The van der Waals surface area contributed by atoms with Crippen molar-refractivity contribution in [2.45, 2.75) is 39.2 Å². The minimum atomic E-state index is -1.48. The first-order valence-corrected chi connectivity index (χ1v) is 6.82. The van der Waals surface area contributed by atoms with Crippen molar-refractivity contribution in [1.29, 1.82) is 0 Å². The molecule has 1 aromatic rings. The Morgan fingerprint density at radius 2 is 1.95 bits per heavy atom. The topological polar surface area (TPSA) is 95.5 Å². The predicted molar refractivity (Wildman–Crippen MR) is 79.1 cm³/mol. The number of nitrogens with one attached hydrogen (secondary N) is 2. The molecule has 7 heteroatoms. The highest BCUT2D eigenvalue weighted by atomic mass is 19.1. The van der Waals surface area contributed by atoms with E-state index in [2.05, 4.69) is 10.6 Å². The molecule has 1 rings (SSSR count). The number of anilines is 1. The lowest BCUT2D eigenvalue weighted by Crippen LogP contribution is -2.52. The van der Waals surface area contributed by atoms with E-state index in [1.165, 1.54) is 26.0 Å². The molecule has 1 aromatic carbocycles. The Morgan fingerprint density at radius 1 is 1.32 bits per heavy atom. The maximum atomic E-state index is 13.8. The van der Waals surface area contributed by atoms with Crippen LogP contribution in [0.5, 0.6) is 0 Å². The van der Waals surface area contributed by atoms with Gasteiger partial charge in [0.25, 0.3) is 5.91 Å². The summed E-state index contributed by atoms with van der Waals surface area (Å²) in [5.74, 6) is -3.20. The molecule has 0 aromatic heterocycles. The molecule has 0 saturated carbocycles. The molecular formula is C15H19FN2O4. The molecular weight excluding hydrogens is 291 g/mol. The number of rotatable bonds is 6. The van der Waals surface area contributed by atoms with Crippen molar-refractivity contribution in [1.82, 2.24) is 5.32 Å². The van der Waals surface area contributed by atoms with E-state index in [1.54, 1.807) is 6.92 Å². The molecule has 0 aliphatic rings. The van der Waals surface area contributed by atoms with Crippen molar-refractivity contribution in [2.75, 3.05) is 5.32 Å². The summed E-state index contributed by atoms with van der Waals surface area (Å²) in [7, 11) is 0. The SMILES string of the molecule is CCCC(C)(NC(=O)c1cc(NC(C)=O)ccc1F)C(=O)O. The number of halogens is 1. The molecule has 3 N–H and O–H groups in total. The second-order valence-electron chi connectivity index (χ2n) is 5.22. The van der Waals surface area contributed by atoms with Gasteiger partial charge in [0.1, 0.15) is 11.4 Å². The van der Waals surface area contributed by atoms with Crippen LogP contribution < -0.4 is 10.6 Å². The standard InChI is InChI=1S/C15H19FN2O4/c1-4-7-15(3,14(21)22)18-13(20)11-8-10(17-9(2)19)5-6-12(11)16/h5-6,8H,4,7H2,1-3H3,(H,17,19)(H,18,20)(H,21,22). The zero-order valence-electron chi connectivity index (χ0n) is 12.7. The molecule has 0 aliphatic heterocycles. The number of carboxylic acids is 1. The number of carboxylic acid groups (broad SMARTS) is 1. The number of carbonyl (C=O) groups is 3. The molecule has 0 fully saturated rings. The first-order valence-electron chi connectivity index (χ1n) is 6.82. The molecule has 6 nitrogen and oxygen atoms in total. The van der Waals surface area contributed by atoms with E-state index in [-0.39, 0.29) is 23.6 Å². The van der Waals surface area contributed by atoms with Crippen LogP contribution in [0.3, 0.4) is 0 Å². The summed E-state index contributed by atoms with van der Waals surface area (Å²) in [6, 6.07) is 3.52. The summed E-state index contributed by atoms with van der Waals surface area (Å²) < 4.78 is 13.8. The highest BCUT2D eigenvalue weighted by Gasteiger charge is 2.34. The maximum absolute atomic E-state index is 13.8. The summed E-state index contributed by atoms with van der Waals surface area (Å²) in [5, 5.41) is 14.0. The summed E-state index contributed by atoms with van der Waals surface area (Å²) in [5.41, 5.74) is -1.55. The minimum absolute atomic E-state index is 0.209. The van der Waals surface area contributed by atoms with Gasteiger partial charge in [0.15, 0.2) is 0 Å². The molecule has 0 radical (unpaired) electrons. The molecule has 1 atom stereocenters. The van der Waals surface area contributed by atoms with Gasteiger partial charge in [-0.1, -0.05) is 13.3 Å². The van der Waals surface area contributed by atoms with Gasteiger partial charge in [-0.05, 0) is 31.5 Å². The van der Waals surface area contributed by atoms with Gasteiger partial charge in [-0.15, -0.1) is 0 Å². The second kappa shape index (κ2) is 7.02. The predicted octanol–water partition coefficient (Wildman–Crippen LogP) is 2.16. The quantitative estimate of drug-likeness (QED) is 0.750. The van der Waals surface area contributed by atoms with E-state index < -0.39 is 23.2 Å². The fourth-order valence-electron chi connectivity index (χ4n) is 2.02. The fourth-order valence-corrected chi connectivity index (χ4v) is 2.02. The van der Waals surface area contributed by atoms with E-state index in [0.717, 1.165) is 6.07 Å². The zero-order chi connectivity index (χ0) is 16.9. The molecule has 120 valence electrons. The van der Waals surface area contributed by atoms with Crippen molar-refractivity contribution < 1.29 is 23.9 Å². The van der Waals surface area contributed by atoms with Gasteiger partial charge in [-0.25, -0.2) is 9.18 Å². The van der Waals surface area contributed by atoms with Gasteiger partial charge in [0.05, 0.1) is 5.56 Å². The molecule has 0 saturated heterocycles. The number of hydrogen-bond acceptors (Lipinski definition) is 3. The van der Waals surface area contributed by atoms with E-state index in [9.17, 15) is 23.9 Å². The Labute approximate surface area is 127 Å². The monoisotopic (exact) mass is 310 g/mol. The van der Waals surface area contributed by atoms with Crippen molar-refractivity contribution in [3.05, 3.63) is 29.6 Å². The van der Waals surface area contributed by atoms with E-state index in [1.807, 2.05) is 0 Å². The van der Waals surface area contributed by atoms with E-state index in [0.29, 0.717) is 6.42 Å². The second-order valence-corrected chi connectivity index (χ2v) is 5.22. The average Bonchev–Trinajstić information content (AvgIpc) is 2.40. The summed E-state index contributed by atoms with van der Waals surface area (Å²) in [6.45, 7) is 4.43. The third kappa shape index (κ3) is 4.28. The van der Waals surface area contributed by atoms with Crippen LogP contribution in [0.25, 0.3) is 0 Å². The van der Waals surface area contributed by atoms with Crippen LogP contribution in [0.4, 0.5) is 10.1 Å². The van der Waals surface area contributed by atoms with Crippen molar-refractivity contribution in [3.63, 3.8) is 0 Å². The number of aliphatic carboxylic acids is 1. The summed E-state index contributed by atoms with van der Waals surface area (Å²) >= 11 is 0. The number of carbonyl (C=O) groups excluding carboxylic acids is 2. The summed E-state index contributed by atoms with van der Waals surface area (Å²) in [4.78, 5) is 34.5. The van der Waals surface area contributed by atoms with Gasteiger partial charge in [0, 0.05) is 12.6 Å². The normalized spacial score (nSPS) is 13.1. The van der Waals surface area contributed by atoms with Gasteiger partial charge in [-0.3, -0.25) is 9.59 Å². The Bertz CT molecular complexity index is 603. The Morgan fingerprint density at radius 3 is 2.45 bits per heavy atom. The average molecular weight is 310 g/mol. The highest BCUT2D eigenvalue weighted by Crippen LogP contribution is 2.18. The van der Waals surface area contributed by atoms with Crippen LogP contribution in [0.1, 0.15) is 44.0 Å². The number of amides is 2. The fraction of sp³-hybridized carbons (Fsp3) is 0.400. The lowest BCUT2D eigenvalue weighted by molar-refractivity contribution is -0.144. The summed E-state index contributed by atoms with van der Waals surface area (Å²) in [6.07, 6.45) is 0.749. The molecule has 0 bridgehead atoms. The number of hydrogen-bond donors (Lipinski definition) is 3. The van der Waals surface area contributed by atoms with Gasteiger partial charge < -0.3 is 15.7 Å². The van der Waals surface area contributed by atoms with Crippen LogP contribution in [0, 0.1) is 5.82 Å². The lowest BCUT2D eigenvalue weighted by Gasteiger charge is -2.26. The van der Waals surface area contributed by atoms with E-state index in [4.69, 9.17) is 0 Å². The van der Waals surface area contributed by atoms with Crippen LogP contribution in [0.15, 0.2) is 18.2 Å².